The number of ether oxygens (including phenoxy) is 1. The zero-order valence-electron chi connectivity index (χ0n) is 9.67. The fourth-order valence-corrected chi connectivity index (χ4v) is 2.04. The third-order valence-electron chi connectivity index (χ3n) is 2.00. The predicted octanol–water partition coefficient (Wildman–Crippen LogP) is 2.56. The van der Waals surface area contributed by atoms with Crippen molar-refractivity contribution in [2.75, 3.05) is 0 Å². The number of hydrogen-bond acceptors (Lipinski definition) is 3. The number of allylic oxidation sites excluding steroid dienone is 1. The van der Waals surface area contributed by atoms with Gasteiger partial charge in [-0.25, -0.2) is 4.79 Å². The molecule has 1 rings (SSSR count). The van der Waals surface area contributed by atoms with E-state index in [0.717, 1.165) is 0 Å². The average molecular weight is 337 g/mol. The SMILES string of the molecule is CC(C)(C)OC(=O)N[C@@H]1C=C(I)C(=O)CC1. The van der Waals surface area contributed by atoms with Gasteiger partial charge in [0.1, 0.15) is 5.60 Å². The molecule has 90 valence electrons. The Hall–Kier alpha value is -0.590. The van der Waals surface area contributed by atoms with Crippen molar-refractivity contribution in [1.29, 1.82) is 0 Å². The number of hydrogen-bond donors (Lipinski definition) is 1. The van der Waals surface area contributed by atoms with Crippen molar-refractivity contribution in [1.82, 2.24) is 5.32 Å². The molecule has 0 aromatic carbocycles. The quantitative estimate of drug-likeness (QED) is 0.749. The molecular weight excluding hydrogens is 321 g/mol. The van der Waals surface area contributed by atoms with Crippen LogP contribution < -0.4 is 5.32 Å². The van der Waals surface area contributed by atoms with Crippen LogP contribution in [0, 0.1) is 0 Å². The van der Waals surface area contributed by atoms with Crippen LogP contribution in [-0.4, -0.2) is 23.5 Å². The second kappa shape index (κ2) is 5.16. The van der Waals surface area contributed by atoms with E-state index in [1.807, 2.05) is 43.4 Å². The minimum atomic E-state index is -0.495. The minimum absolute atomic E-state index is 0.0977. The lowest BCUT2D eigenvalue weighted by Gasteiger charge is -2.23. The van der Waals surface area contributed by atoms with Gasteiger partial charge in [0, 0.05) is 6.42 Å². The molecule has 0 unspecified atom stereocenters. The van der Waals surface area contributed by atoms with E-state index < -0.39 is 11.7 Å². The third-order valence-corrected chi connectivity index (χ3v) is 2.96. The molecule has 0 radical (unpaired) electrons. The third kappa shape index (κ3) is 4.51. The fourth-order valence-electron chi connectivity index (χ4n) is 1.33. The van der Waals surface area contributed by atoms with E-state index in [1.54, 1.807) is 6.08 Å². The number of halogens is 1. The minimum Gasteiger partial charge on any atom is -0.444 e. The summed E-state index contributed by atoms with van der Waals surface area (Å²) < 4.78 is 5.82. The van der Waals surface area contributed by atoms with Crippen LogP contribution in [0.2, 0.25) is 0 Å². The predicted molar refractivity (Wildman–Crippen MR) is 69.5 cm³/mol. The molecule has 0 saturated carbocycles. The lowest BCUT2D eigenvalue weighted by atomic mass is 10.0. The van der Waals surface area contributed by atoms with Gasteiger partial charge >= 0.3 is 6.09 Å². The van der Waals surface area contributed by atoms with Crippen LogP contribution in [0.1, 0.15) is 33.6 Å². The number of rotatable bonds is 1. The summed E-state index contributed by atoms with van der Waals surface area (Å²) in [7, 11) is 0. The maximum Gasteiger partial charge on any atom is 0.408 e. The first-order valence-corrected chi connectivity index (χ1v) is 6.26. The molecule has 0 fully saturated rings. The molecule has 0 spiro atoms. The van der Waals surface area contributed by atoms with Gasteiger partial charge in [-0.3, -0.25) is 4.79 Å². The number of Topliss-reactive ketones (excluding diaryl/α,β-unsaturated/α-hetero) is 1. The van der Waals surface area contributed by atoms with Crippen molar-refractivity contribution in [2.45, 2.75) is 45.3 Å². The highest BCUT2D eigenvalue weighted by Crippen LogP contribution is 2.20. The molecule has 16 heavy (non-hydrogen) atoms. The summed E-state index contributed by atoms with van der Waals surface area (Å²) in [5, 5.41) is 2.73. The van der Waals surface area contributed by atoms with Gasteiger partial charge in [-0.2, -0.15) is 0 Å². The number of nitrogens with one attached hydrogen (secondary N) is 1. The molecule has 1 N–H and O–H groups in total. The van der Waals surface area contributed by atoms with Crippen LogP contribution in [0.3, 0.4) is 0 Å². The standard InChI is InChI=1S/C11H16INO3/c1-11(2,3)16-10(15)13-7-4-5-9(14)8(12)6-7/h6-7H,4-5H2,1-3H3,(H,13,15)/t7-/m0/s1. The molecule has 1 amide bonds. The molecule has 1 atom stereocenters. The Bertz CT molecular complexity index is 331. The van der Waals surface area contributed by atoms with Crippen LogP contribution in [-0.2, 0) is 9.53 Å². The van der Waals surface area contributed by atoms with Crippen molar-refractivity contribution in [3.8, 4) is 0 Å². The van der Waals surface area contributed by atoms with Gasteiger partial charge in [-0.1, -0.05) is 0 Å². The zero-order valence-corrected chi connectivity index (χ0v) is 11.8. The monoisotopic (exact) mass is 337 g/mol. The molecule has 4 nitrogen and oxygen atoms in total. The smallest absolute Gasteiger partial charge is 0.408 e. The van der Waals surface area contributed by atoms with E-state index in [9.17, 15) is 9.59 Å². The summed E-state index contributed by atoms with van der Waals surface area (Å²) in [6, 6.07) is -0.0977. The Morgan fingerprint density at radius 3 is 2.69 bits per heavy atom. The molecule has 0 heterocycles. The Labute approximate surface area is 109 Å². The lowest BCUT2D eigenvalue weighted by Crippen LogP contribution is -2.39. The van der Waals surface area contributed by atoms with Crippen LogP contribution >= 0.6 is 22.6 Å². The average Bonchev–Trinajstić information content (AvgIpc) is 2.08. The van der Waals surface area contributed by atoms with Gasteiger partial charge in [-0.15, -0.1) is 0 Å². The second-order valence-electron chi connectivity index (χ2n) is 4.73. The van der Waals surface area contributed by atoms with Gasteiger partial charge in [-0.05, 0) is 55.9 Å². The highest BCUT2D eigenvalue weighted by atomic mass is 127. The van der Waals surface area contributed by atoms with Gasteiger partial charge < -0.3 is 10.1 Å². The summed E-state index contributed by atoms with van der Waals surface area (Å²) in [4.78, 5) is 22.7. The van der Waals surface area contributed by atoms with E-state index in [-0.39, 0.29) is 11.8 Å². The van der Waals surface area contributed by atoms with E-state index in [1.165, 1.54) is 0 Å². The largest absolute Gasteiger partial charge is 0.444 e. The van der Waals surface area contributed by atoms with Crippen molar-refractivity contribution >= 4 is 34.5 Å². The van der Waals surface area contributed by atoms with Crippen molar-refractivity contribution < 1.29 is 14.3 Å². The highest BCUT2D eigenvalue weighted by molar-refractivity contribution is 14.1. The first kappa shape index (κ1) is 13.5. The molecule has 0 aliphatic heterocycles. The van der Waals surface area contributed by atoms with E-state index in [0.29, 0.717) is 16.4 Å². The van der Waals surface area contributed by atoms with Crippen molar-refractivity contribution in [3.63, 3.8) is 0 Å². The van der Waals surface area contributed by atoms with Crippen molar-refractivity contribution in [2.24, 2.45) is 0 Å². The molecule has 0 aromatic rings. The summed E-state index contributed by atoms with van der Waals surface area (Å²) in [5.74, 6) is 0.142. The number of alkyl carbamates (subject to hydrolysis) is 1. The highest BCUT2D eigenvalue weighted by Gasteiger charge is 2.22. The maximum atomic E-state index is 11.5. The Kier molecular flexibility index (Phi) is 4.35. The van der Waals surface area contributed by atoms with Crippen molar-refractivity contribution in [3.05, 3.63) is 9.66 Å². The molecule has 5 heteroatoms. The van der Waals surface area contributed by atoms with Crippen LogP contribution in [0.15, 0.2) is 9.66 Å². The molecule has 1 aliphatic carbocycles. The van der Waals surface area contributed by atoms with Gasteiger partial charge in [0.15, 0.2) is 5.78 Å². The molecular formula is C11H16INO3. The zero-order chi connectivity index (χ0) is 12.3. The number of carbonyl (C=O) groups excluding carboxylic acids is 2. The van der Waals surface area contributed by atoms with Gasteiger partial charge in [0.25, 0.3) is 0 Å². The summed E-state index contributed by atoms with van der Waals surface area (Å²) in [6.07, 6.45) is 2.46. The van der Waals surface area contributed by atoms with Crippen LogP contribution in [0.4, 0.5) is 4.79 Å². The van der Waals surface area contributed by atoms with E-state index in [4.69, 9.17) is 4.74 Å². The second-order valence-corrected chi connectivity index (χ2v) is 5.89. The van der Waals surface area contributed by atoms with Gasteiger partial charge in [0.05, 0.1) is 9.62 Å². The number of amides is 1. The summed E-state index contributed by atoms with van der Waals surface area (Å²) in [6.45, 7) is 5.45. The first-order chi connectivity index (χ1) is 7.28. The van der Waals surface area contributed by atoms with Gasteiger partial charge in [0.2, 0.25) is 0 Å². The van der Waals surface area contributed by atoms with E-state index >= 15 is 0 Å². The van der Waals surface area contributed by atoms with Crippen LogP contribution in [0.5, 0.6) is 0 Å². The fraction of sp³-hybridized carbons (Fsp3) is 0.636. The van der Waals surface area contributed by atoms with E-state index in [2.05, 4.69) is 5.32 Å². The Morgan fingerprint density at radius 1 is 1.56 bits per heavy atom. The summed E-state index contributed by atoms with van der Waals surface area (Å²) >= 11 is 1.99. The normalized spacial score (nSPS) is 21.4. The molecule has 0 aromatic heterocycles. The Balaban J connectivity index is 2.50. The lowest BCUT2D eigenvalue weighted by molar-refractivity contribution is -0.115. The number of ketones is 1. The maximum absolute atomic E-state index is 11.5. The Morgan fingerprint density at radius 2 is 2.19 bits per heavy atom. The number of carbonyl (C=O) groups is 2. The summed E-state index contributed by atoms with van der Waals surface area (Å²) in [5.41, 5.74) is -0.495. The molecule has 1 aliphatic rings. The molecule has 0 bridgehead atoms. The topological polar surface area (TPSA) is 55.4 Å². The van der Waals surface area contributed by atoms with Crippen LogP contribution in [0.25, 0.3) is 0 Å². The molecule has 0 saturated heterocycles. The first-order valence-electron chi connectivity index (χ1n) is 5.18.